The Morgan fingerprint density at radius 3 is 2.74 bits per heavy atom. The predicted octanol–water partition coefficient (Wildman–Crippen LogP) is 4.25. The molecule has 158 valence electrons. The Morgan fingerprint density at radius 2 is 2.03 bits per heavy atom. The number of hydrogen-bond donors (Lipinski definition) is 2. The van der Waals surface area contributed by atoms with Crippen LogP contribution in [0.2, 0.25) is 0 Å². The molecule has 0 aliphatic carbocycles. The molecule has 0 saturated carbocycles. The van der Waals surface area contributed by atoms with Gasteiger partial charge in [0.25, 0.3) is 11.1 Å². The molecule has 1 aromatic carbocycles. The number of nitrogens with zero attached hydrogens (tertiary/aromatic N) is 4. The number of pyridine rings is 1. The average molecular weight is 435 g/mol. The number of anilines is 2. The molecule has 1 aliphatic heterocycles. The number of ether oxygens (including phenoxy) is 1. The third-order valence-corrected chi connectivity index (χ3v) is 6.47. The van der Waals surface area contributed by atoms with E-state index >= 15 is 0 Å². The number of methoxy groups -OCH3 is 1. The minimum atomic E-state index is -0.192. The van der Waals surface area contributed by atoms with Crippen LogP contribution in [-0.4, -0.2) is 46.0 Å². The molecule has 0 spiro atoms. The van der Waals surface area contributed by atoms with Gasteiger partial charge in [0.2, 0.25) is 0 Å². The number of carbonyl (C=O) groups is 1. The molecule has 1 aliphatic rings. The molecule has 1 fully saturated rings. The molecular weight excluding hydrogens is 412 g/mol. The van der Waals surface area contributed by atoms with Gasteiger partial charge in [-0.05, 0) is 50.1 Å². The molecule has 0 unspecified atom stereocenters. The summed E-state index contributed by atoms with van der Waals surface area (Å²) in [6.45, 7) is 3.98. The van der Waals surface area contributed by atoms with Crippen molar-refractivity contribution in [3.8, 4) is 15.9 Å². The first-order valence-corrected chi connectivity index (χ1v) is 11.0. The van der Waals surface area contributed by atoms with Gasteiger partial charge in [0.1, 0.15) is 5.82 Å². The lowest BCUT2D eigenvalue weighted by Crippen LogP contribution is -2.19. The van der Waals surface area contributed by atoms with Crippen LogP contribution >= 0.6 is 11.3 Å². The minimum Gasteiger partial charge on any atom is -0.473 e. The summed E-state index contributed by atoms with van der Waals surface area (Å²) < 4.78 is 5.22. The molecular formula is C22H22N6O2S. The summed E-state index contributed by atoms with van der Waals surface area (Å²) in [7, 11) is 1.60. The Balaban J connectivity index is 1.34. The molecule has 8 nitrogen and oxygen atoms in total. The fourth-order valence-electron chi connectivity index (χ4n) is 3.73. The highest BCUT2D eigenvalue weighted by molar-refractivity contribution is 7.17. The van der Waals surface area contributed by atoms with Crippen molar-refractivity contribution in [1.82, 2.24) is 19.9 Å². The first-order chi connectivity index (χ1) is 15.1. The van der Waals surface area contributed by atoms with Crippen LogP contribution in [0.3, 0.4) is 0 Å². The van der Waals surface area contributed by atoms with Crippen LogP contribution in [0.15, 0.2) is 36.5 Å². The van der Waals surface area contributed by atoms with E-state index in [2.05, 4.69) is 30.2 Å². The van der Waals surface area contributed by atoms with Crippen molar-refractivity contribution in [2.45, 2.75) is 19.8 Å². The van der Waals surface area contributed by atoms with Crippen molar-refractivity contribution in [2.75, 3.05) is 30.4 Å². The molecule has 2 N–H and O–H groups in total. The van der Waals surface area contributed by atoms with Gasteiger partial charge in [-0.3, -0.25) is 4.79 Å². The molecule has 9 heteroatoms. The quantitative estimate of drug-likeness (QED) is 0.487. The van der Waals surface area contributed by atoms with Gasteiger partial charge in [-0.25, -0.2) is 15.0 Å². The Hall–Kier alpha value is -3.46. The fourth-order valence-corrected chi connectivity index (χ4v) is 4.56. The zero-order valence-electron chi connectivity index (χ0n) is 17.3. The van der Waals surface area contributed by atoms with Crippen LogP contribution in [-0.2, 0) is 0 Å². The maximum Gasteiger partial charge on any atom is 0.273 e. The second-order valence-electron chi connectivity index (χ2n) is 7.47. The summed E-state index contributed by atoms with van der Waals surface area (Å²) >= 11 is 1.44. The van der Waals surface area contributed by atoms with E-state index in [1.54, 1.807) is 13.3 Å². The van der Waals surface area contributed by atoms with Gasteiger partial charge in [-0.15, -0.1) is 0 Å². The highest BCUT2D eigenvalue weighted by Gasteiger charge is 2.16. The second-order valence-corrected chi connectivity index (χ2v) is 8.43. The lowest BCUT2D eigenvalue weighted by atomic mass is 10.2. The number of benzene rings is 1. The highest BCUT2D eigenvalue weighted by Crippen LogP contribution is 2.33. The molecule has 1 saturated heterocycles. The van der Waals surface area contributed by atoms with E-state index in [1.807, 2.05) is 37.3 Å². The number of aromatic amines is 1. The SMILES string of the molecule is COc1nc(C)c(-c2nc3ccc(NC(=O)c4ccc(N5CCCC5)nc4)cc3[nH]2)s1. The van der Waals surface area contributed by atoms with Gasteiger partial charge in [0, 0.05) is 25.0 Å². The molecule has 31 heavy (non-hydrogen) atoms. The van der Waals surface area contributed by atoms with E-state index in [-0.39, 0.29) is 5.91 Å². The molecule has 4 aromatic rings. The van der Waals surface area contributed by atoms with Crippen LogP contribution in [0.1, 0.15) is 28.9 Å². The number of amides is 1. The maximum atomic E-state index is 12.7. The van der Waals surface area contributed by atoms with Crippen molar-refractivity contribution in [3.63, 3.8) is 0 Å². The third kappa shape index (κ3) is 3.84. The molecule has 1 amide bonds. The van der Waals surface area contributed by atoms with Gasteiger partial charge in [-0.1, -0.05) is 11.3 Å². The zero-order valence-corrected chi connectivity index (χ0v) is 18.1. The van der Waals surface area contributed by atoms with E-state index in [0.29, 0.717) is 16.4 Å². The van der Waals surface area contributed by atoms with Crippen LogP contribution < -0.4 is 15.0 Å². The monoisotopic (exact) mass is 434 g/mol. The Labute approximate surface area is 183 Å². The Kier molecular flexibility index (Phi) is 5.03. The summed E-state index contributed by atoms with van der Waals surface area (Å²) in [6.07, 6.45) is 4.02. The summed E-state index contributed by atoms with van der Waals surface area (Å²) in [4.78, 5) is 32.6. The van der Waals surface area contributed by atoms with E-state index in [9.17, 15) is 4.79 Å². The van der Waals surface area contributed by atoms with Crippen molar-refractivity contribution < 1.29 is 9.53 Å². The standard InChI is InChI=1S/C22H22N6O2S/c1-13-19(31-22(24-13)30-2)20-26-16-7-6-15(11-17(16)27-20)25-21(29)14-5-8-18(23-12-14)28-9-3-4-10-28/h5-8,11-12H,3-4,9-10H2,1-2H3,(H,25,29)(H,26,27). The van der Waals surface area contributed by atoms with Crippen LogP contribution in [0.5, 0.6) is 5.19 Å². The summed E-state index contributed by atoms with van der Waals surface area (Å²) in [5.41, 5.74) is 3.73. The number of aromatic nitrogens is 4. The number of thiazole rings is 1. The molecule has 0 atom stereocenters. The van der Waals surface area contributed by atoms with Crippen molar-refractivity contribution in [2.24, 2.45) is 0 Å². The van der Waals surface area contributed by atoms with Crippen LogP contribution in [0.25, 0.3) is 21.7 Å². The van der Waals surface area contributed by atoms with Gasteiger partial charge in [0.15, 0.2) is 5.82 Å². The van der Waals surface area contributed by atoms with Crippen molar-refractivity contribution >= 4 is 39.8 Å². The number of carbonyl (C=O) groups excluding carboxylic acids is 1. The fraction of sp³-hybridized carbons (Fsp3) is 0.273. The number of H-pyrrole nitrogens is 1. The van der Waals surface area contributed by atoms with Gasteiger partial charge < -0.3 is 19.9 Å². The van der Waals surface area contributed by atoms with Crippen LogP contribution in [0, 0.1) is 6.92 Å². The van der Waals surface area contributed by atoms with Gasteiger partial charge in [0.05, 0.1) is 34.3 Å². The lowest BCUT2D eigenvalue weighted by molar-refractivity contribution is 0.102. The Morgan fingerprint density at radius 1 is 1.19 bits per heavy atom. The van der Waals surface area contributed by atoms with E-state index in [4.69, 9.17) is 4.74 Å². The van der Waals surface area contributed by atoms with Gasteiger partial charge in [-0.2, -0.15) is 0 Å². The number of fused-ring (bicyclic) bond motifs is 1. The van der Waals surface area contributed by atoms with Crippen molar-refractivity contribution in [3.05, 3.63) is 47.8 Å². The molecule has 0 radical (unpaired) electrons. The largest absolute Gasteiger partial charge is 0.473 e. The van der Waals surface area contributed by atoms with E-state index in [0.717, 1.165) is 46.3 Å². The third-order valence-electron chi connectivity index (χ3n) is 5.35. The summed E-state index contributed by atoms with van der Waals surface area (Å²) in [5, 5.41) is 3.55. The molecule has 4 heterocycles. The lowest BCUT2D eigenvalue weighted by Gasteiger charge is -2.16. The normalized spacial score (nSPS) is 13.7. The van der Waals surface area contributed by atoms with E-state index in [1.165, 1.54) is 24.2 Å². The second kappa shape index (κ2) is 7.99. The minimum absolute atomic E-state index is 0.192. The molecule has 5 rings (SSSR count). The number of nitrogens with one attached hydrogen (secondary N) is 2. The predicted molar refractivity (Wildman–Crippen MR) is 122 cm³/mol. The van der Waals surface area contributed by atoms with Crippen molar-refractivity contribution in [1.29, 1.82) is 0 Å². The first kappa shape index (κ1) is 19.5. The first-order valence-electron chi connectivity index (χ1n) is 10.1. The number of rotatable bonds is 5. The zero-order chi connectivity index (χ0) is 21.4. The van der Waals surface area contributed by atoms with Crippen LogP contribution in [0.4, 0.5) is 11.5 Å². The summed E-state index contributed by atoms with van der Waals surface area (Å²) in [6, 6.07) is 9.34. The van der Waals surface area contributed by atoms with E-state index < -0.39 is 0 Å². The summed E-state index contributed by atoms with van der Waals surface area (Å²) in [5.74, 6) is 1.47. The number of imidazole rings is 1. The maximum absolute atomic E-state index is 12.7. The number of hydrogen-bond acceptors (Lipinski definition) is 7. The number of aryl methyl sites for hydroxylation is 1. The molecule has 0 bridgehead atoms. The average Bonchev–Trinajstić information content (AvgIpc) is 3.53. The Bertz CT molecular complexity index is 1240. The topological polar surface area (TPSA) is 96.0 Å². The smallest absolute Gasteiger partial charge is 0.273 e. The molecule has 3 aromatic heterocycles. The van der Waals surface area contributed by atoms with Gasteiger partial charge >= 0.3 is 0 Å². The highest BCUT2D eigenvalue weighted by atomic mass is 32.1.